The molecule has 2 aromatic carbocycles. The van der Waals surface area contributed by atoms with Gasteiger partial charge in [-0.15, -0.1) is 5.10 Å². The molecule has 1 fully saturated rings. The number of nitrogens with zero attached hydrogens (tertiary/aromatic N) is 6. The molecule has 1 unspecified atom stereocenters. The van der Waals surface area contributed by atoms with Crippen molar-refractivity contribution in [2.45, 2.75) is 43.3 Å². The first-order valence-electron chi connectivity index (χ1n) is 12.3. The average Bonchev–Trinajstić information content (AvgIpc) is 3.30. The van der Waals surface area contributed by atoms with E-state index >= 15 is 4.39 Å². The zero-order valence-corrected chi connectivity index (χ0v) is 23.3. The fourth-order valence-corrected chi connectivity index (χ4v) is 6.29. The van der Waals surface area contributed by atoms with Gasteiger partial charge in [0.25, 0.3) is 15.9 Å². The van der Waals surface area contributed by atoms with E-state index < -0.39 is 33.5 Å². The number of benzene rings is 2. The molecule has 14 heteroatoms. The molecule has 8 nitrogen and oxygen atoms in total. The molecule has 212 valence electrons. The monoisotopic (exact) mass is 596 g/mol. The topological polar surface area (TPSA) is 84.2 Å². The summed E-state index contributed by atoms with van der Waals surface area (Å²) in [6.45, 7) is 4.08. The van der Waals surface area contributed by atoms with E-state index in [-0.39, 0.29) is 45.9 Å². The Labute approximate surface area is 233 Å². The summed E-state index contributed by atoms with van der Waals surface area (Å²) in [5, 5.41) is 4.92. The molecule has 4 aromatic rings. The molecule has 1 aliphatic rings. The Morgan fingerprint density at radius 2 is 1.62 bits per heavy atom. The largest absolute Gasteiger partial charge is 0.345 e. The molecule has 5 rings (SSSR count). The smallest absolute Gasteiger partial charge is 0.283 e. The minimum absolute atomic E-state index is 0.0907. The van der Waals surface area contributed by atoms with Crippen LogP contribution in [0.2, 0.25) is 5.02 Å². The highest BCUT2D eigenvalue weighted by atomic mass is 35.5. The maximum atomic E-state index is 15.7. The van der Waals surface area contributed by atoms with Crippen molar-refractivity contribution in [3.05, 3.63) is 71.3 Å². The lowest BCUT2D eigenvalue weighted by Crippen LogP contribution is -2.60. The van der Waals surface area contributed by atoms with Crippen LogP contribution in [0.5, 0.6) is 0 Å². The third-order valence-electron chi connectivity index (χ3n) is 6.83. The van der Waals surface area contributed by atoms with Gasteiger partial charge in [-0.05, 0) is 38.1 Å². The summed E-state index contributed by atoms with van der Waals surface area (Å²) >= 11 is 6.55. The molecule has 1 saturated heterocycles. The van der Waals surface area contributed by atoms with Gasteiger partial charge in [-0.2, -0.15) is 12.5 Å². The fourth-order valence-electron chi connectivity index (χ4n) is 4.76. The summed E-state index contributed by atoms with van der Waals surface area (Å²) in [4.78, 5) is 11.1. The summed E-state index contributed by atoms with van der Waals surface area (Å²) in [5.41, 5.74) is -2.00. The van der Waals surface area contributed by atoms with Gasteiger partial charge in [-0.3, -0.25) is 0 Å². The maximum absolute atomic E-state index is 15.7. The summed E-state index contributed by atoms with van der Waals surface area (Å²) < 4.78 is 84.6. The van der Waals surface area contributed by atoms with Crippen LogP contribution in [-0.4, -0.2) is 58.9 Å². The minimum Gasteiger partial charge on any atom is -0.345 e. The molecule has 3 heterocycles. The van der Waals surface area contributed by atoms with E-state index in [9.17, 15) is 21.6 Å². The van der Waals surface area contributed by atoms with Crippen molar-refractivity contribution in [1.82, 2.24) is 19.2 Å². The molecule has 0 aliphatic carbocycles. The van der Waals surface area contributed by atoms with Gasteiger partial charge in [-0.25, -0.2) is 27.5 Å². The van der Waals surface area contributed by atoms with Crippen LogP contribution in [0.15, 0.2) is 59.8 Å². The van der Waals surface area contributed by atoms with Gasteiger partial charge in [0.1, 0.15) is 5.67 Å². The minimum atomic E-state index is -4.36. The molecule has 0 N–H and O–H groups in total. The molecule has 0 saturated carbocycles. The van der Waals surface area contributed by atoms with Crippen LogP contribution in [-0.2, 0) is 15.9 Å². The number of rotatable bonds is 6. The third kappa shape index (κ3) is 5.07. The van der Waals surface area contributed by atoms with E-state index in [2.05, 4.69) is 15.1 Å². The first-order chi connectivity index (χ1) is 18.7. The number of alkyl halides is 3. The quantitative estimate of drug-likeness (QED) is 0.275. The lowest BCUT2D eigenvalue weighted by atomic mass is 9.96. The average molecular weight is 597 g/mol. The summed E-state index contributed by atoms with van der Waals surface area (Å²) in [7, 11) is -4.36. The zero-order chi connectivity index (χ0) is 29.0. The van der Waals surface area contributed by atoms with Gasteiger partial charge in [0, 0.05) is 32.1 Å². The second-order valence-corrected chi connectivity index (χ2v) is 12.3. The highest BCUT2D eigenvalue weighted by Crippen LogP contribution is 2.38. The SMILES string of the molecule is CC(F)(F)c1ccc(S(=O)(=O)n2nc(N3CCN(c4ncc(F)cn4)CC3C(C)(C)F)c3c(Cl)cccc32)cc1. The predicted molar refractivity (Wildman–Crippen MR) is 144 cm³/mol. The normalized spacial score (nSPS) is 17.1. The van der Waals surface area contributed by atoms with Gasteiger partial charge in [0.15, 0.2) is 11.6 Å². The van der Waals surface area contributed by atoms with E-state index in [1.807, 2.05) is 0 Å². The van der Waals surface area contributed by atoms with E-state index in [0.717, 1.165) is 47.7 Å². The molecule has 0 amide bonds. The van der Waals surface area contributed by atoms with Crippen LogP contribution < -0.4 is 9.80 Å². The number of fused-ring (bicyclic) bond motifs is 1. The zero-order valence-electron chi connectivity index (χ0n) is 21.7. The van der Waals surface area contributed by atoms with E-state index in [0.29, 0.717) is 11.9 Å². The van der Waals surface area contributed by atoms with Gasteiger partial charge >= 0.3 is 0 Å². The maximum Gasteiger partial charge on any atom is 0.283 e. The van der Waals surface area contributed by atoms with E-state index in [1.165, 1.54) is 19.9 Å². The molecule has 0 bridgehead atoms. The van der Waals surface area contributed by atoms with E-state index in [1.54, 1.807) is 21.9 Å². The van der Waals surface area contributed by atoms with Crippen molar-refractivity contribution in [3.8, 4) is 0 Å². The molecule has 1 aliphatic heterocycles. The van der Waals surface area contributed by atoms with Crippen LogP contribution in [0, 0.1) is 5.82 Å². The second-order valence-electron chi connectivity index (χ2n) is 10.1. The highest BCUT2D eigenvalue weighted by molar-refractivity contribution is 7.90. The lowest BCUT2D eigenvalue weighted by molar-refractivity contribution is 0.0174. The fraction of sp³-hybridized carbons (Fsp3) is 0.346. The first kappa shape index (κ1) is 28.1. The number of aromatic nitrogens is 4. The van der Waals surface area contributed by atoms with Crippen molar-refractivity contribution in [3.63, 3.8) is 0 Å². The Kier molecular flexibility index (Phi) is 6.94. The number of halogens is 5. The summed E-state index contributed by atoms with van der Waals surface area (Å²) in [6.07, 6.45) is 2.05. The Balaban J connectivity index is 1.60. The Hall–Kier alpha value is -3.45. The van der Waals surface area contributed by atoms with Gasteiger partial charge in [0.05, 0.1) is 39.3 Å². The highest BCUT2D eigenvalue weighted by Gasteiger charge is 2.42. The predicted octanol–water partition coefficient (Wildman–Crippen LogP) is 5.41. The van der Waals surface area contributed by atoms with Gasteiger partial charge in [-0.1, -0.05) is 29.8 Å². The van der Waals surface area contributed by atoms with Crippen molar-refractivity contribution < 1.29 is 26.0 Å². The number of hydrogen-bond donors (Lipinski definition) is 0. The molecule has 0 spiro atoms. The standard InChI is InChI=1S/C26H25ClF4N6O2S/c1-25(2,29)21-15-35(24-32-13-17(28)14-33-24)11-12-36(21)23-22-19(27)5-4-6-20(22)37(34-23)40(38,39)18-9-7-16(8-10-18)26(3,30)31/h4-10,13-14,21H,11-12,15H2,1-3H3. The van der Waals surface area contributed by atoms with Crippen molar-refractivity contribution >= 4 is 44.3 Å². The molecule has 40 heavy (non-hydrogen) atoms. The number of hydrogen-bond acceptors (Lipinski definition) is 7. The van der Waals surface area contributed by atoms with Crippen LogP contribution in [0.1, 0.15) is 26.3 Å². The summed E-state index contributed by atoms with van der Waals surface area (Å²) in [6, 6.07) is 8.07. The van der Waals surface area contributed by atoms with Crippen molar-refractivity contribution in [1.29, 1.82) is 0 Å². The molecule has 2 aromatic heterocycles. The Morgan fingerprint density at radius 3 is 2.23 bits per heavy atom. The van der Waals surface area contributed by atoms with Crippen LogP contribution >= 0.6 is 11.6 Å². The first-order valence-corrected chi connectivity index (χ1v) is 14.1. The van der Waals surface area contributed by atoms with Crippen molar-refractivity contribution in [2.75, 3.05) is 29.4 Å². The van der Waals surface area contributed by atoms with Crippen LogP contribution in [0.3, 0.4) is 0 Å². The number of piperazine rings is 1. The van der Waals surface area contributed by atoms with Gasteiger partial charge < -0.3 is 9.80 Å². The second kappa shape index (κ2) is 9.88. The van der Waals surface area contributed by atoms with Crippen molar-refractivity contribution in [2.24, 2.45) is 0 Å². The van der Waals surface area contributed by atoms with Crippen LogP contribution in [0.4, 0.5) is 29.3 Å². The molecular weight excluding hydrogens is 572 g/mol. The van der Waals surface area contributed by atoms with Gasteiger partial charge in [0.2, 0.25) is 5.95 Å². The number of anilines is 2. The molecular formula is C26H25ClF4N6O2S. The molecule has 0 radical (unpaired) electrons. The summed E-state index contributed by atoms with van der Waals surface area (Å²) in [5.74, 6) is -3.37. The lowest BCUT2D eigenvalue weighted by Gasteiger charge is -2.45. The van der Waals surface area contributed by atoms with Crippen LogP contribution in [0.25, 0.3) is 10.9 Å². The molecule has 1 atom stereocenters. The Bertz CT molecular complexity index is 1650. The van der Waals surface area contributed by atoms with E-state index in [4.69, 9.17) is 11.6 Å². The third-order valence-corrected chi connectivity index (χ3v) is 8.74. The Morgan fingerprint density at radius 1 is 0.975 bits per heavy atom.